The summed E-state index contributed by atoms with van der Waals surface area (Å²) in [6, 6.07) is 8.83. The zero-order valence-electron chi connectivity index (χ0n) is 17.7. The fourth-order valence-electron chi connectivity index (χ4n) is 3.31. The summed E-state index contributed by atoms with van der Waals surface area (Å²) in [6.45, 7) is 11.4. The average molecular weight is 397 g/mol. The van der Waals surface area contributed by atoms with Crippen LogP contribution in [0.1, 0.15) is 58.5 Å². The van der Waals surface area contributed by atoms with Gasteiger partial charge in [0.15, 0.2) is 5.82 Å². The Labute approximate surface area is 171 Å². The van der Waals surface area contributed by atoms with Crippen LogP contribution in [0.25, 0.3) is 5.00 Å². The van der Waals surface area contributed by atoms with E-state index >= 15 is 0 Å². The number of nitrogens with zero attached hydrogens (tertiary/aromatic N) is 4. The van der Waals surface area contributed by atoms with Crippen molar-refractivity contribution < 1.29 is 4.74 Å². The quantitative estimate of drug-likeness (QED) is 0.613. The molecule has 3 aromatic rings. The lowest BCUT2D eigenvalue weighted by atomic mass is 9.96. The molecular weight excluding hydrogens is 368 g/mol. The maximum Gasteiger partial charge on any atom is 0.160 e. The number of aliphatic imine (C=N–C) groups is 1. The maximum absolute atomic E-state index is 4.94. The predicted octanol–water partition coefficient (Wildman–Crippen LogP) is 4.99. The fourth-order valence-corrected chi connectivity index (χ4v) is 4.53. The Morgan fingerprint density at radius 3 is 2.29 bits per heavy atom. The third-order valence-corrected chi connectivity index (χ3v) is 6.12. The number of methoxy groups -OCH3 is 1. The molecule has 0 unspecified atom stereocenters. The van der Waals surface area contributed by atoms with Crippen molar-refractivity contribution in [3.8, 4) is 5.00 Å². The standard InChI is InChI=1S/C20H22N4S.C2H6O/c1-11(2)15-6-8-16(9-7-15)19-18-12(3)13(4)25-20(18)24-14(5)22-23-17(24)10-21-19;1-3-2/h6-9,11H,10H2,1-5H3;1-2H3. The maximum atomic E-state index is 4.94. The monoisotopic (exact) mass is 396 g/mol. The van der Waals surface area contributed by atoms with E-state index in [-0.39, 0.29) is 0 Å². The van der Waals surface area contributed by atoms with E-state index in [4.69, 9.17) is 4.99 Å². The van der Waals surface area contributed by atoms with Crippen LogP contribution < -0.4 is 0 Å². The summed E-state index contributed by atoms with van der Waals surface area (Å²) in [6.07, 6.45) is 0. The number of fused-ring (bicyclic) bond motifs is 3. The minimum absolute atomic E-state index is 0.532. The first-order chi connectivity index (χ1) is 13.4. The van der Waals surface area contributed by atoms with Crippen LogP contribution >= 0.6 is 11.3 Å². The number of benzene rings is 1. The van der Waals surface area contributed by atoms with Crippen molar-refractivity contribution in [1.29, 1.82) is 0 Å². The second-order valence-corrected chi connectivity index (χ2v) is 8.52. The molecule has 4 rings (SSSR count). The first-order valence-corrected chi connectivity index (χ1v) is 10.3. The molecule has 0 saturated heterocycles. The van der Waals surface area contributed by atoms with Crippen molar-refractivity contribution in [3.05, 3.63) is 63.0 Å². The van der Waals surface area contributed by atoms with Crippen molar-refractivity contribution in [1.82, 2.24) is 14.8 Å². The lowest BCUT2D eigenvalue weighted by Gasteiger charge is -2.11. The third kappa shape index (κ3) is 3.66. The van der Waals surface area contributed by atoms with Crippen molar-refractivity contribution >= 4 is 17.0 Å². The minimum atomic E-state index is 0.532. The zero-order chi connectivity index (χ0) is 20.4. The van der Waals surface area contributed by atoms with Crippen LogP contribution in [0.15, 0.2) is 29.3 Å². The Balaban J connectivity index is 0.000000706. The van der Waals surface area contributed by atoms with Crippen molar-refractivity contribution in [3.63, 3.8) is 0 Å². The molecular formula is C22H28N4OS. The highest BCUT2D eigenvalue weighted by Gasteiger charge is 2.26. The average Bonchev–Trinajstić information content (AvgIpc) is 3.11. The van der Waals surface area contributed by atoms with Gasteiger partial charge in [0, 0.05) is 30.2 Å². The van der Waals surface area contributed by atoms with E-state index in [1.807, 2.05) is 6.92 Å². The topological polar surface area (TPSA) is 52.3 Å². The predicted molar refractivity (Wildman–Crippen MR) is 116 cm³/mol. The molecule has 0 spiro atoms. The number of thiophene rings is 1. The van der Waals surface area contributed by atoms with Crippen molar-refractivity contribution in [2.24, 2.45) is 4.99 Å². The van der Waals surface area contributed by atoms with E-state index < -0.39 is 0 Å². The smallest absolute Gasteiger partial charge is 0.160 e. The van der Waals surface area contributed by atoms with Crippen LogP contribution in [0.5, 0.6) is 0 Å². The molecule has 5 nitrogen and oxygen atoms in total. The van der Waals surface area contributed by atoms with Gasteiger partial charge in [0.1, 0.15) is 17.4 Å². The second kappa shape index (κ2) is 8.37. The minimum Gasteiger partial charge on any atom is -0.388 e. The van der Waals surface area contributed by atoms with E-state index in [0.29, 0.717) is 12.5 Å². The van der Waals surface area contributed by atoms with Gasteiger partial charge in [0.05, 0.1) is 5.71 Å². The molecule has 0 bridgehead atoms. The van der Waals surface area contributed by atoms with Crippen LogP contribution in [0.4, 0.5) is 0 Å². The second-order valence-electron chi connectivity index (χ2n) is 7.31. The third-order valence-electron chi connectivity index (χ3n) is 4.93. The molecule has 0 saturated carbocycles. The number of hydrogen-bond acceptors (Lipinski definition) is 5. The first-order valence-electron chi connectivity index (χ1n) is 9.45. The first kappa shape index (κ1) is 20.4. The number of aryl methyl sites for hydroxylation is 2. The van der Waals surface area contributed by atoms with Gasteiger partial charge in [0.2, 0.25) is 0 Å². The molecule has 0 fully saturated rings. The van der Waals surface area contributed by atoms with E-state index in [0.717, 1.165) is 17.4 Å². The van der Waals surface area contributed by atoms with Crippen LogP contribution in [0.3, 0.4) is 0 Å². The van der Waals surface area contributed by atoms with Gasteiger partial charge in [-0.15, -0.1) is 21.5 Å². The molecule has 1 aliphatic heterocycles. The Bertz CT molecular complexity index is 996. The van der Waals surface area contributed by atoms with Gasteiger partial charge in [-0.05, 0) is 37.8 Å². The highest BCUT2D eigenvalue weighted by Crippen LogP contribution is 2.36. The molecule has 0 amide bonds. The van der Waals surface area contributed by atoms with Gasteiger partial charge in [-0.1, -0.05) is 38.1 Å². The molecule has 0 atom stereocenters. The molecule has 0 radical (unpaired) electrons. The number of rotatable bonds is 2. The van der Waals surface area contributed by atoms with E-state index in [2.05, 4.69) is 71.5 Å². The van der Waals surface area contributed by atoms with Crippen LogP contribution in [0, 0.1) is 20.8 Å². The summed E-state index contributed by atoms with van der Waals surface area (Å²) in [5.41, 5.74) is 6.11. The summed E-state index contributed by atoms with van der Waals surface area (Å²) >= 11 is 1.80. The van der Waals surface area contributed by atoms with Crippen molar-refractivity contribution in [2.45, 2.75) is 47.1 Å². The molecule has 6 heteroatoms. The van der Waals surface area contributed by atoms with Gasteiger partial charge < -0.3 is 4.74 Å². The highest BCUT2D eigenvalue weighted by molar-refractivity contribution is 7.15. The summed E-state index contributed by atoms with van der Waals surface area (Å²) in [4.78, 5) is 6.26. The van der Waals surface area contributed by atoms with Crippen LogP contribution in [0.2, 0.25) is 0 Å². The molecule has 0 aliphatic carbocycles. The van der Waals surface area contributed by atoms with Crippen molar-refractivity contribution in [2.75, 3.05) is 14.2 Å². The Morgan fingerprint density at radius 1 is 1.04 bits per heavy atom. The lowest BCUT2D eigenvalue weighted by Crippen LogP contribution is -2.07. The number of hydrogen-bond donors (Lipinski definition) is 0. The summed E-state index contributed by atoms with van der Waals surface area (Å²) in [5, 5.41) is 9.78. The Morgan fingerprint density at radius 2 is 1.68 bits per heavy atom. The van der Waals surface area contributed by atoms with E-state index in [1.165, 1.54) is 32.1 Å². The molecule has 148 valence electrons. The summed E-state index contributed by atoms with van der Waals surface area (Å²) in [5.74, 6) is 2.36. The molecule has 3 heterocycles. The largest absolute Gasteiger partial charge is 0.388 e. The van der Waals surface area contributed by atoms with Crippen LogP contribution in [-0.2, 0) is 11.3 Å². The Hall–Kier alpha value is -2.31. The van der Waals surface area contributed by atoms with Gasteiger partial charge in [-0.2, -0.15) is 0 Å². The zero-order valence-corrected chi connectivity index (χ0v) is 18.5. The van der Waals surface area contributed by atoms with E-state index in [1.54, 1.807) is 25.6 Å². The molecule has 0 N–H and O–H groups in total. The highest BCUT2D eigenvalue weighted by atomic mass is 32.1. The van der Waals surface area contributed by atoms with Gasteiger partial charge in [-0.25, -0.2) is 0 Å². The summed E-state index contributed by atoms with van der Waals surface area (Å²) < 4.78 is 6.42. The van der Waals surface area contributed by atoms with Gasteiger partial charge in [-0.3, -0.25) is 9.56 Å². The van der Waals surface area contributed by atoms with Gasteiger partial charge >= 0.3 is 0 Å². The lowest BCUT2D eigenvalue weighted by molar-refractivity contribution is 0.277. The molecule has 28 heavy (non-hydrogen) atoms. The normalized spacial score (nSPS) is 12.6. The molecule has 2 aromatic heterocycles. The van der Waals surface area contributed by atoms with Gasteiger partial charge in [0.25, 0.3) is 0 Å². The SMILES string of the molecule is COC.Cc1sc2c(c1C)C(c1ccc(C(C)C)cc1)=NCc1nnc(C)n1-2. The van der Waals surface area contributed by atoms with Crippen LogP contribution in [-0.4, -0.2) is 34.7 Å². The van der Waals surface area contributed by atoms with E-state index in [9.17, 15) is 0 Å². The molecule has 1 aliphatic rings. The Kier molecular flexibility index (Phi) is 6.10. The number of aromatic nitrogens is 3. The fraction of sp³-hybridized carbons (Fsp3) is 0.409. The number of ether oxygens (including phenoxy) is 1. The molecule has 1 aromatic carbocycles. The summed E-state index contributed by atoms with van der Waals surface area (Å²) in [7, 11) is 3.25.